The van der Waals surface area contributed by atoms with Crippen molar-refractivity contribution in [1.29, 1.82) is 0 Å². The van der Waals surface area contributed by atoms with Crippen molar-refractivity contribution in [1.82, 2.24) is 4.98 Å². The van der Waals surface area contributed by atoms with E-state index in [9.17, 15) is 4.79 Å². The Balaban J connectivity index is 2.54. The van der Waals surface area contributed by atoms with Crippen LogP contribution in [-0.2, 0) is 0 Å². The molecule has 0 aliphatic carbocycles. The minimum absolute atomic E-state index is 0.0140. The third kappa shape index (κ3) is 1.24. The second-order valence-electron chi connectivity index (χ2n) is 2.71. The molecule has 0 fully saturated rings. The first-order chi connectivity index (χ1) is 6.33. The van der Waals surface area contributed by atoms with Gasteiger partial charge in [-0.05, 0) is 0 Å². The van der Waals surface area contributed by atoms with E-state index in [1.54, 1.807) is 12.3 Å². The maximum Gasteiger partial charge on any atom is 0.190 e. The lowest BCUT2D eigenvalue weighted by Crippen LogP contribution is -2.17. The van der Waals surface area contributed by atoms with Gasteiger partial charge in [-0.2, -0.15) is 0 Å². The number of carbonyl (C=O) groups is 1. The van der Waals surface area contributed by atoms with E-state index >= 15 is 0 Å². The molecule has 0 unspecified atom stereocenters. The quantitative estimate of drug-likeness (QED) is 0.646. The van der Waals surface area contributed by atoms with Crippen LogP contribution < -0.4 is 9.47 Å². The summed E-state index contributed by atoms with van der Waals surface area (Å²) in [5, 5.41) is 0. The molecule has 4 nitrogen and oxygen atoms in total. The van der Waals surface area contributed by atoms with Gasteiger partial charge in [0.1, 0.15) is 0 Å². The number of ether oxygens (including phenoxy) is 2. The van der Waals surface area contributed by atoms with E-state index in [0.29, 0.717) is 30.2 Å². The lowest BCUT2D eigenvalue weighted by atomic mass is 10.1. The topological polar surface area (TPSA) is 48.4 Å². The summed E-state index contributed by atoms with van der Waals surface area (Å²) in [4.78, 5) is 15.3. The maximum absolute atomic E-state index is 11.4. The van der Waals surface area contributed by atoms with E-state index in [1.807, 2.05) is 0 Å². The number of ketones is 1. The number of carbonyl (C=O) groups excluding carboxylic acids is 1. The van der Waals surface area contributed by atoms with Crippen LogP contribution in [0, 0.1) is 0 Å². The fourth-order valence-electron chi connectivity index (χ4n) is 1.29. The molecule has 0 atom stereocenters. The van der Waals surface area contributed by atoms with E-state index in [4.69, 9.17) is 9.47 Å². The number of aromatic nitrogens is 1. The Kier molecular flexibility index (Phi) is 1.88. The molecule has 1 aliphatic rings. The number of Topliss-reactive ketones (excluding diaryl/α,β-unsaturated/α-hetero) is 1. The molecule has 68 valence electrons. The number of hydrogen-bond acceptors (Lipinski definition) is 4. The van der Waals surface area contributed by atoms with Gasteiger partial charge < -0.3 is 9.47 Å². The summed E-state index contributed by atoms with van der Waals surface area (Å²) >= 11 is 0. The van der Waals surface area contributed by atoms with Crippen LogP contribution >= 0.6 is 0 Å². The third-order valence-electron chi connectivity index (χ3n) is 1.93. The summed E-state index contributed by atoms with van der Waals surface area (Å²) in [6.07, 6.45) is 1.94. The SMILES string of the molecule is COc1ccnc2c1OCCC2=O. The third-order valence-corrected chi connectivity index (χ3v) is 1.93. The fraction of sp³-hybridized carbons (Fsp3) is 0.333. The van der Waals surface area contributed by atoms with E-state index in [1.165, 1.54) is 7.11 Å². The van der Waals surface area contributed by atoms with Gasteiger partial charge in [0.2, 0.25) is 0 Å². The standard InChI is InChI=1S/C9H9NO3/c1-12-7-2-4-10-8-6(11)3-5-13-9(7)8/h2,4H,3,5H2,1H3. The molecular weight excluding hydrogens is 170 g/mol. The summed E-state index contributed by atoms with van der Waals surface area (Å²) in [6.45, 7) is 0.411. The number of pyridine rings is 1. The normalized spacial score (nSPS) is 14.7. The van der Waals surface area contributed by atoms with Gasteiger partial charge in [-0.15, -0.1) is 0 Å². The molecule has 1 aliphatic heterocycles. The van der Waals surface area contributed by atoms with Crippen LogP contribution in [0.4, 0.5) is 0 Å². The highest BCUT2D eigenvalue weighted by molar-refractivity contribution is 5.98. The molecule has 4 heteroatoms. The molecule has 2 heterocycles. The highest BCUT2D eigenvalue weighted by atomic mass is 16.5. The molecule has 0 aromatic carbocycles. The van der Waals surface area contributed by atoms with E-state index in [-0.39, 0.29) is 5.78 Å². The zero-order chi connectivity index (χ0) is 9.26. The average Bonchev–Trinajstić information content (AvgIpc) is 2.18. The van der Waals surface area contributed by atoms with Crippen molar-refractivity contribution in [3.8, 4) is 11.5 Å². The fourth-order valence-corrected chi connectivity index (χ4v) is 1.29. The summed E-state index contributed by atoms with van der Waals surface area (Å²) < 4.78 is 10.4. The Morgan fingerprint density at radius 2 is 2.46 bits per heavy atom. The van der Waals surface area contributed by atoms with Gasteiger partial charge in [0, 0.05) is 18.7 Å². The van der Waals surface area contributed by atoms with Crippen molar-refractivity contribution >= 4 is 5.78 Å². The van der Waals surface area contributed by atoms with Gasteiger partial charge in [0.05, 0.1) is 13.7 Å². The largest absolute Gasteiger partial charge is 0.493 e. The second kappa shape index (κ2) is 3.05. The first-order valence-corrected chi connectivity index (χ1v) is 4.02. The zero-order valence-electron chi connectivity index (χ0n) is 7.24. The highest BCUT2D eigenvalue weighted by Crippen LogP contribution is 2.32. The molecule has 0 saturated carbocycles. The molecule has 1 aromatic rings. The first-order valence-electron chi connectivity index (χ1n) is 4.02. The Bertz CT molecular complexity index is 349. The highest BCUT2D eigenvalue weighted by Gasteiger charge is 2.22. The minimum Gasteiger partial charge on any atom is -0.493 e. The first kappa shape index (κ1) is 8.04. The Morgan fingerprint density at radius 1 is 1.62 bits per heavy atom. The monoisotopic (exact) mass is 179 g/mol. The van der Waals surface area contributed by atoms with Gasteiger partial charge in [0.25, 0.3) is 0 Å². The molecule has 0 radical (unpaired) electrons. The van der Waals surface area contributed by atoms with E-state index < -0.39 is 0 Å². The smallest absolute Gasteiger partial charge is 0.190 e. The predicted octanol–water partition coefficient (Wildman–Crippen LogP) is 1.06. The van der Waals surface area contributed by atoms with Crippen molar-refractivity contribution < 1.29 is 14.3 Å². The van der Waals surface area contributed by atoms with Crippen LogP contribution in [0.3, 0.4) is 0 Å². The molecule has 0 saturated heterocycles. The zero-order valence-corrected chi connectivity index (χ0v) is 7.24. The molecule has 1 aromatic heterocycles. The Morgan fingerprint density at radius 3 is 3.23 bits per heavy atom. The Hall–Kier alpha value is -1.58. The number of rotatable bonds is 1. The van der Waals surface area contributed by atoms with Crippen LogP contribution in [0.1, 0.15) is 16.9 Å². The predicted molar refractivity (Wildman–Crippen MR) is 45.2 cm³/mol. The summed E-state index contributed by atoms with van der Waals surface area (Å²) in [5.74, 6) is 1.06. The second-order valence-corrected chi connectivity index (χ2v) is 2.71. The van der Waals surface area contributed by atoms with Gasteiger partial charge in [0.15, 0.2) is 23.0 Å². The molecular formula is C9H9NO3. The molecule has 13 heavy (non-hydrogen) atoms. The summed E-state index contributed by atoms with van der Waals surface area (Å²) in [5.41, 5.74) is 0.380. The maximum atomic E-state index is 11.4. The lowest BCUT2D eigenvalue weighted by Gasteiger charge is -2.17. The van der Waals surface area contributed by atoms with Gasteiger partial charge in [-0.3, -0.25) is 4.79 Å². The minimum atomic E-state index is 0.0140. The van der Waals surface area contributed by atoms with Crippen LogP contribution in [-0.4, -0.2) is 24.5 Å². The van der Waals surface area contributed by atoms with Crippen molar-refractivity contribution in [3.05, 3.63) is 18.0 Å². The molecule has 0 spiro atoms. The number of nitrogens with zero attached hydrogens (tertiary/aromatic N) is 1. The molecule has 0 bridgehead atoms. The van der Waals surface area contributed by atoms with Gasteiger partial charge in [-0.1, -0.05) is 0 Å². The number of hydrogen-bond donors (Lipinski definition) is 0. The number of methoxy groups -OCH3 is 1. The lowest BCUT2D eigenvalue weighted by molar-refractivity contribution is 0.0923. The van der Waals surface area contributed by atoms with Crippen LogP contribution in [0.5, 0.6) is 11.5 Å². The molecule has 0 N–H and O–H groups in total. The van der Waals surface area contributed by atoms with Crippen molar-refractivity contribution in [2.75, 3.05) is 13.7 Å². The van der Waals surface area contributed by atoms with Gasteiger partial charge >= 0.3 is 0 Å². The van der Waals surface area contributed by atoms with E-state index in [0.717, 1.165) is 0 Å². The summed E-state index contributed by atoms with van der Waals surface area (Å²) in [6, 6.07) is 1.68. The number of fused-ring (bicyclic) bond motifs is 1. The Labute approximate surface area is 75.5 Å². The van der Waals surface area contributed by atoms with Crippen molar-refractivity contribution in [2.24, 2.45) is 0 Å². The van der Waals surface area contributed by atoms with Crippen molar-refractivity contribution in [3.63, 3.8) is 0 Å². The molecule has 2 rings (SSSR count). The van der Waals surface area contributed by atoms with Crippen LogP contribution in [0.25, 0.3) is 0 Å². The summed E-state index contributed by atoms with van der Waals surface area (Å²) in [7, 11) is 1.54. The van der Waals surface area contributed by atoms with E-state index in [2.05, 4.69) is 4.98 Å². The van der Waals surface area contributed by atoms with Crippen LogP contribution in [0.2, 0.25) is 0 Å². The van der Waals surface area contributed by atoms with Crippen molar-refractivity contribution in [2.45, 2.75) is 6.42 Å². The molecule has 0 amide bonds. The van der Waals surface area contributed by atoms with Gasteiger partial charge in [-0.25, -0.2) is 4.98 Å². The average molecular weight is 179 g/mol. The van der Waals surface area contributed by atoms with Crippen LogP contribution in [0.15, 0.2) is 12.3 Å².